The molecule has 3 rings (SSSR count). The highest BCUT2D eigenvalue weighted by molar-refractivity contribution is 7.71. The van der Waals surface area contributed by atoms with Gasteiger partial charge in [-0.15, -0.1) is 0 Å². The lowest BCUT2D eigenvalue weighted by Gasteiger charge is -2.16. The molecule has 3 heterocycles. The van der Waals surface area contributed by atoms with Crippen molar-refractivity contribution >= 4 is 29.3 Å². The minimum Gasteiger partial charge on any atom is -0.394 e. The summed E-state index contributed by atoms with van der Waals surface area (Å²) in [7, 11) is 0. The Kier molecular flexibility index (Phi) is 3.18. The number of aromatic amines is 1. The number of hydrogen-bond acceptors (Lipinski definition) is 8. The summed E-state index contributed by atoms with van der Waals surface area (Å²) in [4.78, 5) is 10.8. The van der Waals surface area contributed by atoms with Crippen molar-refractivity contribution in [3.8, 4) is 0 Å². The first-order valence-corrected chi connectivity index (χ1v) is 6.28. The average molecular weight is 299 g/mol. The molecule has 10 heteroatoms. The minimum absolute atomic E-state index is 0.107. The van der Waals surface area contributed by atoms with Crippen LogP contribution in [0.5, 0.6) is 0 Å². The molecule has 0 amide bonds. The SMILES string of the molecule is Nc1nc(=S)c2ncn([C@H]3O[C@H](CO)[C@@H](O)[C@@H]3O)c2[nH]1. The number of nitrogens with zero attached hydrogens (tertiary/aromatic N) is 3. The van der Waals surface area contributed by atoms with Crippen LogP contribution < -0.4 is 5.73 Å². The van der Waals surface area contributed by atoms with Gasteiger partial charge in [-0.05, 0) is 0 Å². The molecule has 4 atom stereocenters. The second kappa shape index (κ2) is 4.75. The quantitative estimate of drug-likeness (QED) is 0.430. The van der Waals surface area contributed by atoms with Gasteiger partial charge < -0.3 is 30.8 Å². The van der Waals surface area contributed by atoms with Gasteiger partial charge in [0.15, 0.2) is 16.8 Å². The molecule has 1 saturated heterocycles. The summed E-state index contributed by atoms with van der Waals surface area (Å²) in [5.41, 5.74) is 6.44. The summed E-state index contributed by atoms with van der Waals surface area (Å²) < 4.78 is 7.11. The van der Waals surface area contributed by atoms with Crippen LogP contribution in [0.4, 0.5) is 5.95 Å². The van der Waals surface area contributed by atoms with Crippen LogP contribution in [-0.4, -0.2) is 59.8 Å². The Morgan fingerprint density at radius 1 is 1.45 bits per heavy atom. The van der Waals surface area contributed by atoms with Crippen molar-refractivity contribution in [1.29, 1.82) is 0 Å². The molecule has 0 bridgehead atoms. The summed E-state index contributed by atoms with van der Waals surface area (Å²) >= 11 is 5.05. The van der Waals surface area contributed by atoms with E-state index in [1.807, 2.05) is 0 Å². The molecule has 2 aromatic rings. The Hall–Kier alpha value is -1.59. The monoisotopic (exact) mass is 299 g/mol. The number of nitrogens with two attached hydrogens (primary N) is 1. The summed E-state index contributed by atoms with van der Waals surface area (Å²) in [6.45, 7) is -0.402. The number of imidazole rings is 1. The topological polar surface area (TPSA) is 142 Å². The van der Waals surface area contributed by atoms with Crippen LogP contribution in [0, 0.1) is 4.64 Å². The lowest BCUT2D eigenvalue weighted by Crippen LogP contribution is -2.33. The molecule has 20 heavy (non-hydrogen) atoms. The molecule has 0 spiro atoms. The van der Waals surface area contributed by atoms with Gasteiger partial charge in [-0.2, -0.15) is 0 Å². The van der Waals surface area contributed by atoms with Crippen molar-refractivity contribution in [2.24, 2.45) is 0 Å². The van der Waals surface area contributed by atoms with Crippen LogP contribution >= 0.6 is 12.2 Å². The number of aliphatic hydroxyl groups is 3. The first-order chi connectivity index (χ1) is 9.52. The van der Waals surface area contributed by atoms with E-state index in [0.29, 0.717) is 11.2 Å². The summed E-state index contributed by atoms with van der Waals surface area (Å²) in [6, 6.07) is 0. The van der Waals surface area contributed by atoms with E-state index in [1.54, 1.807) is 0 Å². The molecule has 108 valence electrons. The number of fused-ring (bicyclic) bond motifs is 1. The fraction of sp³-hybridized carbons (Fsp3) is 0.500. The molecule has 1 fully saturated rings. The number of hydrogen-bond donors (Lipinski definition) is 5. The third-order valence-electron chi connectivity index (χ3n) is 3.26. The van der Waals surface area contributed by atoms with Gasteiger partial charge in [0.05, 0.1) is 12.9 Å². The van der Waals surface area contributed by atoms with E-state index in [4.69, 9.17) is 27.8 Å². The van der Waals surface area contributed by atoms with Crippen LogP contribution in [0.3, 0.4) is 0 Å². The van der Waals surface area contributed by atoms with Gasteiger partial charge >= 0.3 is 0 Å². The fourth-order valence-electron chi connectivity index (χ4n) is 2.26. The van der Waals surface area contributed by atoms with Gasteiger partial charge in [0.1, 0.15) is 29.5 Å². The van der Waals surface area contributed by atoms with Crippen molar-refractivity contribution in [3.63, 3.8) is 0 Å². The number of H-pyrrole nitrogens is 1. The molecule has 0 aromatic carbocycles. The van der Waals surface area contributed by atoms with Crippen LogP contribution in [0.2, 0.25) is 0 Å². The molecule has 0 aliphatic carbocycles. The summed E-state index contributed by atoms with van der Waals surface area (Å²) in [5, 5.41) is 28.9. The van der Waals surface area contributed by atoms with E-state index in [2.05, 4.69) is 15.0 Å². The Morgan fingerprint density at radius 2 is 2.20 bits per heavy atom. The molecule has 1 aliphatic heterocycles. The predicted octanol–water partition coefficient (Wildman–Crippen LogP) is -1.32. The van der Waals surface area contributed by atoms with Crippen LogP contribution in [-0.2, 0) is 4.74 Å². The normalized spacial score (nSPS) is 30.1. The van der Waals surface area contributed by atoms with Crippen molar-refractivity contribution in [2.75, 3.05) is 12.3 Å². The maximum atomic E-state index is 10.0. The maximum Gasteiger partial charge on any atom is 0.200 e. The molecule has 0 unspecified atom stereocenters. The zero-order valence-electron chi connectivity index (χ0n) is 10.2. The van der Waals surface area contributed by atoms with Gasteiger partial charge in [-0.3, -0.25) is 4.57 Å². The second-order valence-corrected chi connectivity index (χ2v) is 4.89. The number of anilines is 1. The first kappa shape index (κ1) is 13.4. The smallest absolute Gasteiger partial charge is 0.200 e. The van der Waals surface area contributed by atoms with E-state index in [0.717, 1.165) is 0 Å². The molecular weight excluding hydrogens is 286 g/mol. The predicted molar refractivity (Wildman–Crippen MR) is 70.1 cm³/mol. The minimum atomic E-state index is -1.21. The Morgan fingerprint density at radius 3 is 2.85 bits per heavy atom. The highest BCUT2D eigenvalue weighted by Gasteiger charge is 2.43. The van der Waals surface area contributed by atoms with Crippen LogP contribution in [0.1, 0.15) is 6.23 Å². The zero-order valence-corrected chi connectivity index (χ0v) is 11.0. The second-order valence-electron chi connectivity index (χ2n) is 4.51. The van der Waals surface area contributed by atoms with Crippen molar-refractivity contribution in [3.05, 3.63) is 11.0 Å². The van der Waals surface area contributed by atoms with Crippen LogP contribution in [0.25, 0.3) is 11.2 Å². The van der Waals surface area contributed by atoms with Gasteiger partial charge in [-0.25, -0.2) is 9.97 Å². The largest absolute Gasteiger partial charge is 0.394 e. The van der Waals surface area contributed by atoms with E-state index in [9.17, 15) is 10.2 Å². The molecule has 1 aliphatic rings. The van der Waals surface area contributed by atoms with E-state index in [-0.39, 0.29) is 10.6 Å². The van der Waals surface area contributed by atoms with E-state index < -0.39 is 31.1 Å². The third kappa shape index (κ3) is 1.89. The van der Waals surface area contributed by atoms with Gasteiger partial charge in [0.2, 0.25) is 0 Å². The zero-order chi connectivity index (χ0) is 14.4. The van der Waals surface area contributed by atoms with Crippen LogP contribution in [0.15, 0.2) is 6.33 Å². The average Bonchev–Trinajstić information content (AvgIpc) is 2.93. The standard InChI is InChI=1S/C10H13N5O4S/c11-10-13-7-4(8(20)14-10)12-2-15(7)9-6(18)5(17)3(1-16)19-9/h2-3,5-6,9,16-18H,1H2,(H3,11,13,14,20)/t3-,5-,6+,9+/m1/s1. The summed E-state index contributed by atoms with van der Waals surface area (Å²) in [5.74, 6) is 0.107. The number of nitrogens with one attached hydrogen (secondary N) is 1. The van der Waals surface area contributed by atoms with E-state index in [1.165, 1.54) is 10.9 Å². The van der Waals surface area contributed by atoms with Gasteiger partial charge in [0.25, 0.3) is 0 Å². The van der Waals surface area contributed by atoms with Gasteiger partial charge in [-0.1, -0.05) is 12.2 Å². The highest BCUT2D eigenvalue weighted by atomic mass is 32.1. The number of ether oxygens (including phenoxy) is 1. The number of aliphatic hydroxyl groups excluding tert-OH is 3. The Bertz CT molecular complexity index is 701. The summed E-state index contributed by atoms with van der Waals surface area (Å²) in [6.07, 6.45) is -2.77. The number of rotatable bonds is 2. The molecule has 6 N–H and O–H groups in total. The molecule has 9 nitrogen and oxygen atoms in total. The lowest BCUT2D eigenvalue weighted by atomic mass is 10.1. The fourth-order valence-corrected chi connectivity index (χ4v) is 2.50. The Labute approximate surface area is 117 Å². The lowest BCUT2D eigenvalue weighted by molar-refractivity contribution is -0.0511. The highest BCUT2D eigenvalue weighted by Crippen LogP contribution is 2.31. The van der Waals surface area contributed by atoms with Crippen molar-refractivity contribution in [2.45, 2.75) is 24.5 Å². The van der Waals surface area contributed by atoms with Crippen molar-refractivity contribution < 1.29 is 20.1 Å². The van der Waals surface area contributed by atoms with Crippen molar-refractivity contribution in [1.82, 2.24) is 19.5 Å². The molecule has 0 radical (unpaired) electrons. The maximum absolute atomic E-state index is 10.0. The van der Waals surface area contributed by atoms with Gasteiger partial charge in [0, 0.05) is 0 Å². The third-order valence-corrected chi connectivity index (χ3v) is 3.54. The Balaban J connectivity index is 2.09. The first-order valence-electron chi connectivity index (χ1n) is 5.87. The van der Waals surface area contributed by atoms with E-state index >= 15 is 0 Å². The molecular formula is C10H13N5O4S. The number of nitrogen functional groups attached to an aromatic ring is 1. The molecule has 2 aromatic heterocycles. The molecule has 0 saturated carbocycles. The number of aromatic nitrogens is 4.